The van der Waals surface area contributed by atoms with Crippen molar-refractivity contribution in [1.82, 2.24) is 0 Å². The summed E-state index contributed by atoms with van der Waals surface area (Å²) in [6.45, 7) is 0. The van der Waals surface area contributed by atoms with Crippen molar-refractivity contribution in [2.45, 2.75) is 0 Å². The van der Waals surface area contributed by atoms with Crippen LogP contribution in [0.3, 0.4) is 0 Å². The molecule has 0 unspecified atom stereocenters. The molecule has 0 aliphatic rings. The van der Waals surface area contributed by atoms with Gasteiger partial charge in [-0.2, -0.15) is 0 Å². The SMILES string of the molecule is O=C(O)O.O=C(O)O.O=C(O)O.O=C(O)O.O=C(O)O.O=C(O)O.O=C(O)O.[H-].[H-].[Na+].[Na+]. The van der Waals surface area contributed by atoms with E-state index in [1.54, 1.807) is 0 Å². The molecule has 0 aliphatic carbocycles. The van der Waals surface area contributed by atoms with E-state index in [0.29, 0.717) is 0 Å². The average molecular weight is 482 g/mol. The average Bonchev–Trinajstić information content (AvgIpc) is 2.20. The fourth-order valence-corrected chi connectivity index (χ4v) is 0. The molecule has 30 heavy (non-hydrogen) atoms. The molecule has 0 saturated carbocycles. The molecule has 0 radical (unpaired) electrons. The number of rotatable bonds is 0. The smallest absolute Gasteiger partial charge is 1.00 e. The van der Waals surface area contributed by atoms with Gasteiger partial charge in [0.15, 0.2) is 0 Å². The summed E-state index contributed by atoms with van der Waals surface area (Å²) in [5.74, 6) is 0. The standard InChI is InChI=1S/7CH2O3.2Na.2H/c7*2-1(3)4;;;;/h7*(H2,2,3,4);;;;/q;;;;;;;2*+1;2*-1. The second-order valence-electron chi connectivity index (χ2n) is 1.98. The van der Waals surface area contributed by atoms with Crippen molar-refractivity contribution in [3.8, 4) is 0 Å². The van der Waals surface area contributed by atoms with E-state index >= 15 is 0 Å². The third-order valence-electron chi connectivity index (χ3n) is 0. The Morgan fingerprint density at radius 1 is 0.267 bits per heavy atom. The van der Waals surface area contributed by atoms with Gasteiger partial charge in [-0.1, -0.05) is 0 Å². The molecule has 0 aromatic heterocycles. The second kappa shape index (κ2) is 50.1. The van der Waals surface area contributed by atoms with Gasteiger partial charge >= 0.3 is 102 Å². The van der Waals surface area contributed by atoms with Crippen LogP contribution in [0.25, 0.3) is 0 Å². The minimum atomic E-state index is -1.83. The molecule has 0 aromatic carbocycles. The summed E-state index contributed by atoms with van der Waals surface area (Å²) in [4.78, 5) is 59.9. The first-order chi connectivity index (χ1) is 12.1. The van der Waals surface area contributed by atoms with Crippen molar-refractivity contribution >= 4 is 43.1 Å². The molecule has 0 spiro atoms. The molecule has 0 bridgehead atoms. The van der Waals surface area contributed by atoms with Gasteiger partial charge in [0.05, 0.1) is 0 Å². The topological polar surface area (TPSA) is 403 Å². The van der Waals surface area contributed by atoms with Crippen molar-refractivity contribution in [1.29, 1.82) is 0 Å². The Kier molecular flexibility index (Phi) is 94.1. The Labute approximate surface area is 209 Å². The van der Waals surface area contributed by atoms with E-state index in [4.69, 9.17) is 105 Å². The zero-order valence-corrected chi connectivity index (χ0v) is 18.6. The maximum absolute atomic E-state index is 8.56. The van der Waals surface area contributed by atoms with Crippen LogP contribution in [0.15, 0.2) is 0 Å². The Hall–Kier alpha value is -3.11. The normalized spacial score (nSPS) is 5.60. The summed E-state index contributed by atoms with van der Waals surface area (Å²) in [7, 11) is 0. The Morgan fingerprint density at radius 3 is 0.267 bits per heavy atom. The third-order valence-corrected chi connectivity index (χ3v) is 0. The Bertz CT molecular complexity index is 323. The molecule has 0 aliphatic heterocycles. The van der Waals surface area contributed by atoms with Gasteiger partial charge in [0.2, 0.25) is 0 Å². The number of hydrogen-bond donors (Lipinski definition) is 14. The molecule has 0 rings (SSSR count). The number of hydrogen-bond acceptors (Lipinski definition) is 7. The fourth-order valence-electron chi connectivity index (χ4n) is 0. The van der Waals surface area contributed by atoms with Crippen LogP contribution >= 0.6 is 0 Å². The van der Waals surface area contributed by atoms with Crippen molar-refractivity contribution in [2.24, 2.45) is 0 Å². The summed E-state index contributed by atoms with van der Waals surface area (Å²) in [5, 5.41) is 97.6. The minimum absolute atomic E-state index is 0. The van der Waals surface area contributed by atoms with E-state index in [1.807, 2.05) is 0 Å². The van der Waals surface area contributed by atoms with Gasteiger partial charge in [-0.05, 0) is 0 Å². The van der Waals surface area contributed by atoms with Crippen LogP contribution in [-0.2, 0) is 0 Å². The zero-order chi connectivity index (χ0) is 25.0. The van der Waals surface area contributed by atoms with Gasteiger partial charge in [-0.15, -0.1) is 0 Å². The quantitative estimate of drug-likeness (QED) is 0.145. The van der Waals surface area contributed by atoms with Crippen LogP contribution in [-0.4, -0.2) is 115 Å². The fraction of sp³-hybridized carbons (Fsp3) is 0. The van der Waals surface area contributed by atoms with Gasteiger partial charge in [0, 0.05) is 0 Å². The van der Waals surface area contributed by atoms with E-state index in [-0.39, 0.29) is 62.0 Å². The minimum Gasteiger partial charge on any atom is -1.00 e. The van der Waals surface area contributed by atoms with Gasteiger partial charge in [-0.3, -0.25) is 0 Å². The van der Waals surface area contributed by atoms with Gasteiger partial charge in [-0.25, -0.2) is 33.6 Å². The molecule has 0 fully saturated rings. The van der Waals surface area contributed by atoms with E-state index in [0.717, 1.165) is 0 Å². The monoisotopic (exact) mass is 482 g/mol. The summed E-state index contributed by atoms with van der Waals surface area (Å²) in [6, 6.07) is 0. The molecule has 0 heterocycles. The number of carbonyl (C=O) groups is 7. The van der Waals surface area contributed by atoms with Gasteiger partial charge in [0.25, 0.3) is 0 Å². The number of carboxylic acid groups (broad SMARTS) is 14. The largest absolute Gasteiger partial charge is 1.00 e. The van der Waals surface area contributed by atoms with E-state index in [1.165, 1.54) is 0 Å². The zero-order valence-electron chi connectivity index (χ0n) is 16.6. The molecule has 0 amide bonds. The van der Waals surface area contributed by atoms with Crippen molar-refractivity contribution in [3.63, 3.8) is 0 Å². The van der Waals surface area contributed by atoms with Crippen molar-refractivity contribution in [2.75, 3.05) is 0 Å². The predicted molar refractivity (Wildman–Crippen MR) is 76.8 cm³/mol. The molecule has 14 N–H and O–H groups in total. The van der Waals surface area contributed by atoms with Gasteiger partial charge in [0.1, 0.15) is 0 Å². The molecule has 0 aromatic rings. The molecule has 0 atom stereocenters. The first-order valence-electron chi connectivity index (χ1n) is 4.56. The van der Waals surface area contributed by atoms with Crippen LogP contribution in [0.5, 0.6) is 0 Å². The summed E-state index contributed by atoms with van der Waals surface area (Å²) >= 11 is 0. The second-order valence-corrected chi connectivity index (χ2v) is 1.98. The van der Waals surface area contributed by atoms with Crippen LogP contribution < -0.4 is 59.1 Å². The van der Waals surface area contributed by atoms with Crippen LogP contribution in [0.2, 0.25) is 0 Å². The van der Waals surface area contributed by atoms with E-state index < -0.39 is 43.1 Å². The molecule has 172 valence electrons. The van der Waals surface area contributed by atoms with Crippen LogP contribution in [0.1, 0.15) is 2.85 Å². The van der Waals surface area contributed by atoms with Crippen molar-refractivity contribution < 1.29 is 167 Å². The molecule has 23 heteroatoms. The summed E-state index contributed by atoms with van der Waals surface area (Å²) in [6.07, 6.45) is -12.8. The molecule has 21 nitrogen and oxygen atoms in total. The Balaban J connectivity index is -0.0000000175. The molecule has 0 saturated heterocycles. The van der Waals surface area contributed by atoms with E-state index in [9.17, 15) is 0 Å². The first-order valence-corrected chi connectivity index (χ1v) is 4.56. The maximum Gasteiger partial charge on any atom is 1.00 e. The third kappa shape index (κ3) is 1470. The molecular weight excluding hydrogens is 466 g/mol. The van der Waals surface area contributed by atoms with Gasteiger partial charge < -0.3 is 74.3 Å². The van der Waals surface area contributed by atoms with E-state index in [2.05, 4.69) is 0 Å². The summed E-state index contributed by atoms with van der Waals surface area (Å²) < 4.78 is 0. The van der Waals surface area contributed by atoms with Crippen LogP contribution in [0.4, 0.5) is 33.6 Å². The summed E-state index contributed by atoms with van der Waals surface area (Å²) in [5.41, 5.74) is 0. The first kappa shape index (κ1) is 56.3. The van der Waals surface area contributed by atoms with Crippen molar-refractivity contribution in [3.05, 3.63) is 0 Å². The maximum atomic E-state index is 8.56. The molecular formula is C7H16Na2O21. The Morgan fingerprint density at radius 2 is 0.267 bits per heavy atom. The van der Waals surface area contributed by atoms with Crippen LogP contribution in [0, 0.1) is 0 Å². The predicted octanol–water partition coefficient (Wildman–Crippen LogP) is -4.21.